The predicted octanol–water partition coefficient (Wildman–Crippen LogP) is 3.28. The van der Waals surface area contributed by atoms with E-state index in [0.29, 0.717) is 12.1 Å². The van der Waals surface area contributed by atoms with Gasteiger partial charge in [0.1, 0.15) is 5.15 Å². The highest BCUT2D eigenvalue weighted by atomic mass is 35.5. The van der Waals surface area contributed by atoms with Crippen molar-refractivity contribution in [2.45, 2.75) is 11.4 Å². The molecule has 1 aromatic heterocycles. The molecule has 0 radical (unpaired) electrons. The minimum atomic E-state index is -3.77. The van der Waals surface area contributed by atoms with Gasteiger partial charge in [-0.05, 0) is 25.2 Å². The summed E-state index contributed by atoms with van der Waals surface area (Å²) >= 11 is 6.68. The fourth-order valence-electron chi connectivity index (χ4n) is 3.56. The van der Waals surface area contributed by atoms with E-state index < -0.39 is 10.0 Å². The van der Waals surface area contributed by atoms with Crippen molar-refractivity contribution in [1.82, 2.24) is 13.8 Å². The van der Waals surface area contributed by atoms with Crippen LogP contribution in [0.2, 0.25) is 5.15 Å². The second-order valence-electron chi connectivity index (χ2n) is 6.95. The minimum absolute atomic E-state index is 0.235. The topological polar surface area (TPSA) is 45.5 Å². The number of para-hydroxylation sites is 1. The number of fused-ring (bicyclic) bond motifs is 1. The Hall–Kier alpha value is -1.86. The van der Waals surface area contributed by atoms with E-state index in [9.17, 15) is 8.42 Å². The molecule has 2 aromatic carbocycles. The lowest BCUT2D eigenvalue weighted by molar-refractivity contribution is 0.148. The number of piperazine rings is 1. The summed E-state index contributed by atoms with van der Waals surface area (Å²) in [5.41, 5.74) is 1.49. The summed E-state index contributed by atoms with van der Waals surface area (Å²) in [4.78, 5) is 4.85. The molecule has 0 bridgehead atoms. The Labute approximate surface area is 164 Å². The van der Waals surface area contributed by atoms with Gasteiger partial charge in [-0.25, -0.2) is 12.4 Å². The zero-order chi connectivity index (χ0) is 19.0. The van der Waals surface area contributed by atoms with Crippen LogP contribution in [0.3, 0.4) is 0 Å². The zero-order valence-electron chi connectivity index (χ0n) is 15.2. The molecule has 1 aliphatic rings. The van der Waals surface area contributed by atoms with Crippen molar-refractivity contribution < 1.29 is 8.42 Å². The zero-order valence-corrected chi connectivity index (χ0v) is 16.7. The summed E-state index contributed by atoms with van der Waals surface area (Å²) in [7, 11) is -1.65. The quantitative estimate of drug-likeness (QED) is 0.670. The van der Waals surface area contributed by atoms with Crippen LogP contribution in [0.15, 0.2) is 59.5 Å². The highest BCUT2D eigenvalue weighted by molar-refractivity contribution is 7.90. The number of halogens is 1. The molecule has 0 aliphatic carbocycles. The Bertz CT molecular complexity index is 1060. The van der Waals surface area contributed by atoms with E-state index >= 15 is 0 Å². The van der Waals surface area contributed by atoms with Crippen LogP contribution in [-0.2, 0) is 16.6 Å². The van der Waals surface area contributed by atoms with E-state index in [0.717, 1.165) is 37.1 Å². The number of likely N-dealkylation sites (N-methyl/N-ethyl adjacent to an activating group) is 1. The molecule has 2 heterocycles. The molecule has 0 atom stereocenters. The Balaban J connectivity index is 1.82. The fourth-order valence-corrected chi connectivity index (χ4v) is 5.53. The van der Waals surface area contributed by atoms with Crippen LogP contribution in [0.25, 0.3) is 10.9 Å². The van der Waals surface area contributed by atoms with Gasteiger partial charge in [0, 0.05) is 43.7 Å². The van der Waals surface area contributed by atoms with Gasteiger partial charge >= 0.3 is 0 Å². The van der Waals surface area contributed by atoms with Crippen molar-refractivity contribution in [3.63, 3.8) is 0 Å². The molecule has 0 N–H and O–H groups in total. The number of nitrogens with zero attached hydrogens (tertiary/aromatic N) is 3. The number of hydrogen-bond acceptors (Lipinski definition) is 4. The molecule has 5 nitrogen and oxygen atoms in total. The van der Waals surface area contributed by atoms with Crippen molar-refractivity contribution in [2.75, 3.05) is 33.2 Å². The first-order valence-electron chi connectivity index (χ1n) is 8.98. The average molecular weight is 404 g/mol. The number of benzene rings is 2. The molecule has 0 spiro atoms. The van der Waals surface area contributed by atoms with Gasteiger partial charge in [-0.1, -0.05) is 48.0 Å². The Morgan fingerprint density at radius 1 is 0.926 bits per heavy atom. The van der Waals surface area contributed by atoms with Crippen LogP contribution in [0, 0.1) is 0 Å². The third-order valence-electron chi connectivity index (χ3n) is 5.13. The molecule has 1 saturated heterocycles. The molecule has 0 unspecified atom stereocenters. The molecule has 1 aliphatic heterocycles. The SMILES string of the molecule is CN1CCN(Cc2c(Cl)n(S(=O)(=O)c3ccccc3)c3ccccc23)CC1. The van der Waals surface area contributed by atoms with Crippen molar-refractivity contribution in [1.29, 1.82) is 0 Å². The second-order valence-corrected chi connectivity index (χ2v) is 9.09. The first-order valence-corrected chi connectivity index (χ1v) is 10.8. The molecular formula is C20H22ClN3O2S. The van der Waals surface area contributed by atoms with E-state index in [2.05, 4.69) is 16.8 Å². The Morgan fingerprint density at radius 3 is 2.26 bits per heavy atom. The fraction of sp³-hybridized carbons (Fsp3) is 0.300. The summed E-state index contributed by atoms with van der Waals surface area (Å²) in [6, 6.07) is 16.0. The maximum absolute atomic E-state index is 13.3. The normalized spacial score (nSPS) is 16.8. The summed E-state index contributed by atoms with van der Waals surface area (Å²) in [6.45, 7) is 4.52. The highest BCUT2D eigenvalue weighted by Gasteiger charge is 2.27. The molecule has 4 rings (SSSR count). The largest absolute Gasteiger partial charge is 0.304 e. The molecule has 3 aromatic rings. The lowest BCUT2D eigenvalue weighted by Crippen LogP contribution is -2.43. The molecule has 0 saturated carbocycles. The van der Waals surface area contributed by atoms with Gasteiger partial charge < -0.3 is 4.90 Å². The summed E-state index contributed by atoms with van der Waals surface area (Å²) in [5, 5.41) is 1.17. The monoisotopic (exact) mass is 403 g/mol. The van der Waals surface area contributed by atoms with E-state index in [1.165, 1.54) is 3.97 Å². The van der Waals surface area contributed by atoms with Gasteiger partial charge in [0.15, 0.2) is 0 Å². The molecule has 27 heavy (non-hydrogen) atoms. The van der Waals surface area contributed by atoms with E-state index in [1.54, 1.807) is 30.3 Å². The standard InChI is InChI=1S/C20H22ClN3O2S/c1-22-11-13-23(14-12-22)15-18-17-9-5-6-10-19(17)24(20(18)21)27(25,26)16-7-3-2-4-8-16/h2-10H,11-15H2,1H3. The van der Waals surface area contributed by atoms with Crippen molar-refractivity contribution in [3.05, 3.63) is 65.3 Å². The first kappa shape index (κ1) is 18.5. The van der Waals surface area contributed by atoms with Gasteiger partial charge in [0.05, 0.1) is 10.4 Å². The molecular weight excluding hydrogens is 382 g/mol. The lowest BCUT2D eigenvalue weighted by Gasteiger charge is -2.32. The maximum atomic E-state index is 13.3. The van der Waals surface area contributed by atoms with Gasteiger partial charge in [0.25, 0.3) is 10.0 Å². The number of rotatable bonds is 4. The smallest absolute Gasteiger partial charge is 0.269 e. The van der Waals surface area contributed by atoms with Crippen LogP contribution in [0.1, 0.15) is 5.56 Å². The summed E-state index contributed by atoms with van der Waals surface area (Å²) in [5.74, 6) is 0. The second kappa shape index (κ2) is 7.28. The highest BCUT2D eigenvalue weighted by Crippen LogP contribution is 2.34. The third kappa shape index (κ3) is 3.38. The van der Waals surface area contributed by atoms with Gasteiger partial charge in [-0.2, -0.15) is 0 Å². The molecule has 7 heteroatoms. The van der Waals surface area contributed by atoms with Crippen LogP contribution in [0.4, 0.5) is 0 Å². The predicted molar refractivity (Wildman–Crippen MR) is 109 cm³/mol. The van der Waals surface area contributed by atoms with Crippen molar-refractivity contribution in [2.24, 2.45) is 0 Å². The molecule has 1 fully saturated rings. The summed E-state index contributed by atoms with van der Waals surface area (Å²) < 4.78 is 27.8. The van der Waals surface area contributed by atoms with Crippen LogP contribution < -0.4 is 0 Å². The minimum Gasteiger partial charge on any atom is -0.304 e. The van der Waals surface area contributed by atoms with Crippen molar-refractivity contribution >= 4 is 32.5 Å². The first-order chi connectivity index (χ1) is 13.0. The van der Waals surface area contributed by atoms with Crippen molar-refractivity contribution in [3.8, 4) is 0 Å². The Kier molecular flexibility index (Phi) is 4.99. The van der Waals surface area contributed by atoms with Crippen LogP contribution >= 0.6 is 11.6 Å². The van der Waals surface area contributed by atoms with Crippen LogP contribution in [-0.4, -0.2) is 55.4 Å². The van der Waals surface area contributed by atoms with Gasteiger partial charge in [0.2, 0.25) is 0 Å². The lowest BCUT2D eigenvalue weighted by atomic mass is 10.1. The van der Waals surface area contributed by atoms with Gasteiger partial charge in [-0.3, -0.25) is 4.90 Å². The average Bonchev–Trinajstić information content (AvgIpc) is 2.96. The van der Waals surface area contributed by atoms with Gasteiger partial charge in [-0.15, -0.1) is 0 Å². The third-order valence-corrected chi connectivity index (χ3v) is 7.36. The van der Waals surface area contributed by atoms with E-state index in [1.807, 2.05) is 24.3 Å². The van der Waals surface area contributed by atoms with E-state index in [-0.39, 0.29) is 10.0 Å². The summed E-state index contributed by atoms with van der Waals surface area (Å²) in [6.07, 6.45) is 0. The molecule has 142 valence electrons. The number of aromatic nitrogens is 1. The van der Waals surface area contributed by atoms with Crippen LogP contribution in [0.5, 0.6) is 0 Å². The maximum Gasteiger partial charge on any atom is 0.269 e. The Morgan fingerprint density at radius 2 is 1.56 bits per heavy atom. The number of hydrogen-bond donors (Lipinski definition) is 0. The van der Waals surface area contributed by atoms with E-state index in [4.69, 9.17) is 11.6 Å². The molecule has 0 amide bonds.